The van der Waals surface area contributed by atoms with Crippen LogP contribution in [0.25, 0.3) is 0 Å². The van der Waals surface area contributed by atoms with Crippen molar-refractivity contribution < 1.29 is 4.74 Å². The fourth-order valence-corrected chi connectivity index (χ4v) is 3.48. The molecule has 1 atom stereocenters. The predicted molar refractivity (Wildman–Crippen MR) is 71.9 cm³/mol. The average molecular weight is 268 g/mol. The number of fused-ring (bicyclic) bond motifs is 1. The molecule has 1 saturated heterocycles. The fraction of sp³-hybridized carbons (Fsp3) is 0.833. The highest BCUT2D eigenvalue weighted by atomic mass is 32.2. The zero-order valence-electron chi connectivity index (χ0n) is 10.8. The first-order chi connectivity index (χ1) is 8.86. The van der Waals surface area contributed by atoms with Gasteiger partial charge in [-0.05, 0) is 6.92 Å². The first-order valence-electron chi connectivity index (χ1n) is 6.68. The van der Waals surface area contributed by atoms with E-state index in [0.29, 0.717) is 6.04 Å². The van der Waals surface area contributed by atoms with Crippen LogP contribution in [-0.4, -0.2) is 57.5 Å². The molecule has 1 fully saturated rings. The minimum atomic E-state index is 0.346. The maximum absolute atomic E-state index is 5.41. The third kappa shape index (κ3) is 2.41. The van der Waals surface area contributed by atoms with Gasteiger partial charge in [0.25, 0.3) is 0 Å². The first-order valence-corrected chi connectivity index (χ1v) is 7.83. The summed E-state index contributed by atoms with van der Waals surface area (Å²) >= 11 is 2.01. The standard InChI is InChI=1S/C12H20N4OS/c1-10(15-3-6-17-7-4-15)12-14-13-11-2-8-18-9-5-16(11)12/h10H,2-9H2,1H3. The quantitative estimate of drug-likeness (QED) is 0.799. The van der Waals surface area contributed by atoms with Crippen LogP contribution in [0.15, 0.2) is 0 Å². The van der Waals surface area contributed by atoms with Crippen LogP contribution in [0.4, 0.5) is 0 Å². The van der Waals surface area contributed by atoms with E-state index in [1.807, 2.05) is 11.8 Å². The summed E-state index contributed by atoms with van der Waals surface area (Å²) in [5.41, 5.74) is 0. The monoisotopic (exact) mass is 268 g/mol. The van der Waals surface area contributed by atoms with Gasteiger partial charge in [-0.3, -0.25) is 4.90 Å². The molecule has 0 aliphatic carbocycles. The number of hydrogen-bond acceptors (Lipinski definition) is 5. The van der Waals surface area contributed by atoms with Crippen LogP contribution in [0.1, 0.15) is 24.6 Å². The molecule has 1 aromatic heterocycles. The van der Waals surface area contributed by atoms with E-state index in [9.17, 15) is 0 Å². The van der Waals surface area contributed by atoms with Crippen molar-refractivity contribution in [1.29, 1.82) is 0 Å². The number of thioether (sulfide) groups is 1. The summed E-state index contributed by atoms with van der Waals surface area (Å²) in [6, 6.07) is 0.346. The van der Waals surface area contributed by atoms with E-state index < -0.39 is 0 Å². The molecule has 2 aliphatic heterocycles. The van der Waals surface area contributed by atoms with Gasteiger partial charge in [0.1, 0.15) is 11.6 Å². The maximum Gasteiger partial charge on any atom is 0.150 e. The number of morpholine rings is 1. The van der Waals surface area contributed by atoms with Gasteiger partial charge in [0.05, 0.1) is 19.3 Å². The second kappa shape index (κ2) is 5.59. The Morgan fingerprint density at radius 3 is 2.83 bits per heavy atom. The average Bonchev–Trinajstić information content (AvgIpc) is 2.68. The summed E-state index contributed by atoms with van der Waals surface area (Å²) in [6.45, 7) is 6.95. The molecule has 0 spiro atoms. The Morgan fingerprint density at radius 1 is 1.17 bits per heavy atom. The molecule has 0 saturated carbocycles. The number of aryl methyl sites for hydroxylation is 1. The molecule has 0 aromatic carbocycles. The lowest BCUT2D eigenvalue weighted by Crippen LogP contribution is -2.39. The summed E-state index contributed by atoms with van der Waals surface area (Å²) in [4.78, 5) is 2.44. The molecule has 3 heterocycles. The summed E-state index contributed by atoms with van der Waals surface area (Å²) in [6.07, 6.45) is 1.05. The third-order valence-electron chi connectivity index (χ3n) is 3.75. The van der Waals surface area contributed by atoms with E-state index in [4.69, 9.17) is 4.74 Å². The maximum atomic E-state index is 5.41. The molecule has 0 amide bonds. The lowest BCUT2D eigenvalue weighted by Gasteiger charge is -2.31. The molecule has 6 heteroatoms. The highest BCUT2D eigenvalue weighted by molar-refractivity contribution is 7.99. The van der Waals surface area contributed by atoms with Crippen LogP contribution < -0.4 is 0 Å². The highest BCUT2D eigenvalue weighted by Gasteiger charge is 2.25. The van der Waals surface area contributed by atoms with E-state index in [1.54, 1.807) is 0 Å². The molecule has 0 bridgehead atoms. The predicted octanol–water partition coefficient (Wildman–Crippen LogP) is 0.961. The van der Waals surface area contributed by atoms with E-state index in [-0.39, 0.29) is 0 Å². The molecule has 1 unspecified atom stereocenters. The Balaban J connectivity index is 1.80. The molecule has 18 heavy (non-hydrogen) atoms. The zero-order chi connectivity index (χ0) is 12.4. The van der Waals surface area contributed by atoms with E-state index in [2.05, 4.69) is 26.6 Å². The van der Waals surface area contributed by atoms with Crippen molar-refractivity contribution in [2.24, 2.45) is 0 Å². The molecular weight excluding hydrogens is 248 g/mol. The van der Waals surface area contributed by atoms with Crippen molar-refractivity contribution in [3.63, 3.8) is 0 Å². The van der Waals surface area contributed by atoms with Gasteiger partial charge in [0.2, 0.25) is 0 Å². The van der Waals surface area contributed by atoms with Gasteiger partial charge in [-0.15, -0.1) is 10.2 Å². The van der Waals surface area contributed by atoms with Crippen molar-refractivity contribution in [2.45, 2.75) is 25.9 Å². The van der Waals surface area contributed by atoms with Gasteiger partial charge >= 0.3 is 0 Å². The number of rotatable bonds is 2. The highest BCUT2D eigenvalue weighted by Crippen LogP contribution is 2.23. The van der Waals surface area contributed by atoms with Crippen LogP contribution in [0.2, 0.25) is 0 Å². The topological polar surface area (TPSA) is 43.2 Å². The number of ether oxygens (including phenoxy) is 1. The molecular formula is C12H20N4OS. The summed E-state index contributed by atoms with van der Waals surface area (Å²) in [5.74, 6) is 4.64. The fourth-order valence-electron chi connectivity index (χ4n) is 2.64. The Hall–Kier alpha value is -0.590. The minimum Gasteiger partial charge on any atom is -0.379 e. The van der Waals surface area contributed by atoms with Crippen LogP contribution >= 0.6 is 11.8 Å². The van der Waals surface area contributed by atoms with Crippen molar-refractivity contribution in [3.8, 4) is 0 Å². The first kappa shape index (κ1) is 12.4. The van der Waals surface area contributed by atoms with Crippen LogP contribution in [-0.2, 0) is 17.7 Å². The smallest absolute Gasteiger partial charge is 0.150 e. The van der Waals surface area contributed by atoms with Crippen molar-refractivity contribution in [3.05, 3.63) is 11.6 Å². The van der Waals surface area contributed by atoms with Gasteiger partial charge in [-0.2, -0.15) is 11.8 Å². The number of aromatic nitrogens is 3. The van der Waals surface area contributed by atoms with Gasteiger partial charge in [-0.25, -0.2) is 0 Å². The molecule has 1 aromatic rings. The molecule has 0 radical (unpaired) electrons. The Labute approximate surface area is 112 Å². The summed E-state index contributed by atoms with van der Waals surface area (Å²) in [7, 11) is 0. The molecule has 0 N–H and O–H groups in total. The van der Waals surface area contributed by atoms with Gasteiger partial charge in [0, 0.05) is 37.6 Å². The van der Waals surface area contributed by atoms with E-state index >= 15 is 0 Å². The van der Waals surface area contributed by atoms with Crippen molar-refractivity contribution in [2.75, 3.05) is 37.8 Å². The number of nitrogens with zero attached hydrogens (tertiary/aromatic N) is 4. The van der Waals surface area contributed by atoms with Gasteiger partial charge in [0.15, 0.2) is 0 Å². The largest absolute Gasteiger partial charge is 0.379 e. The van der Waals surface area contributed by atoms with Crippen LogP contribution in [0, 0.1) is 0 Å². The second-order valence-corrected chi connectivity index (χ2v) is 6.04. The number of hydrogen-bond donors (Lipinski definition) is 0. The molecule has 2 aliphatic rings. The van der Waals surface area contributed by atoms with Crippen molar-refractivity contribution >= 4 is 11.8 Å². The van der Waals surface area contributed by atoms with E-state index in [1.165, 1.54) is 11.5 Å². The Morgan fingerprint density at radius 2 is 2.00 bits per heavy atom. The van der Waals surface area contributed by atoms with Crippen LogP contribution in [0.3, 0.4) is 0 Å². The molecule has 100 valence electrons. The lowest BCUT2D eigenvalue weighted by molar-refractivity contribution is 0.0174. The Kier molecular flexibility index (Phi) is 3.86. The van der Waals surface area contributed by atoms with Crippen molar-refractivity contribution in [1.82, 2.24) is 19.7 Å². The molecule has 3 rings (SSSR count). The summed E-state index contributed by atoms with van der Waals surface area (Å²) in [5, 5.41) is 8.81. The zero-order valence-corrected chi connectivity index (χ0v) is 11.7. The Bertz CT molecular complexity index is 403. The van der Waals surface area contributed by atoms with E-state index in [0.717, 1.165) is 50.9 Å². The normalized spacial score (nSPS) is 23.4. The van der Waals surface area contributed by atoms with Gasteiger partial charge < -0.3 is 9.30 Å². The van der Waals surface area contributed by atoms with Crippen LogP contribution in [0.5, 0.6) is 0 Å². The summed E-state index contributed by atoms with van der Waals surface area (Å²) < 4.78 is 7.75. The SMILES string of the molecule is CC(c1nnc2n1CCSCC2)N1CCOCC1. The molecule has 5 nitrogen and oxygen atoms in total. The minimum absolute atomic E-state index is 0.346. The third-order valence-corrected chi connectivity index (χ3v) is 4.72. The second-order valence-electron chi connectivity index (χ2n) is 4.81. The van der Waals surface area contributed by atoms with Gasteiger partial charge in [-0.1, -0.05) is 0 Å². The lowest BCUT2D eigenvalue weighted by atomic mass is 10.2.